The van der Waals surface area contributed by atoms with Gasteiger partial charge in [0.05, 0.1) is 0 Å². The van der Waals surface area contributed by atoms with Crippen LogP contribution < -0.4 is 0 Å². The number of benzene rings is 2. The molecule has 0 aromatic heterocycles. The minimum Gasteiger partial charge on any atom is -0.0683 e. The van der Waals surface area contributed by atoms with Gasteiger partial charge >= 0.3 is 0 Å². The van der Waals surface area contributed by atoms with Crippen LogP contribution in [0.4, 0.5) is 0 Å². The van der Waals surface area contributed by atoms with Crippen LogP contribution in [0.3, 0.4) is 0 Å². The Kier molecular flexibility index (Phi) is 1.94. The van der Waals surface area contributed by atoms with Crippen LogP contribution in [0, 0.1) is 13.8 Å². The average molecular weight is 208 g/mol. The molecule has 0 amide bonds. The number of rotatable bonds is 0. The summed E-state index contributed by atoms with van der Waals surface area (Å²) in [7, 11) is 0. The zero-order valence-corrected chi connectivity index (χ0v) is 10.1. The topological polar surface area (TPSA) is 0 Å². The number of hydrogen-bond donors (Lipinski definition) is 0. The smallest absolute Gasteiger partial charge is 0.00543 e. The van der Waals surface area contributed by atoms with Crippen LogP contribution in [0.15, 0.2) is 29.8 Å². The zero-order valence-electron chi connectivity index (χ0n) is 10.1. The van der Waals surface area contributed by atoms with Crippen molar-refractivity contribution in [3.05, 3.63) is 52.1 Å². The molecule has 3 rings (SSSR count). The zero-order chi connectivity index (χ0) is 11.3. The van der Waals surface area contributed by atoms with E-state index in [4.69, 9.17) is 0 Å². The third kappa shape index (κ3) is 1.23. The molecule has 2 aromatic carbocycles. The lowest BCUT2D eigenvalue weighted by Gasteiger charge is -2.10. The molecule has 0 fully saturated rings. The van der Waals surface area contributed by atoms with E-state index in [1.54, 1.807) is 0 Å². The van der Waals surface area contributed by atoms with E-state index in [0.717, 1.165) is 6.42 Å². The van der Waals surface area contributed by atoms with Gasteiger partial charge in [-0.25, -0.2) is 0 Å². The Morgan fingerprint density at radius 2 is 1.75 bits per heavy atom. The molecule has 0 aliphatic heterocycles. The van der Waals surface area contributed by atoms with Crippen molar-refractivity contribution in [2.45, 2.75) is 27.2 Å². The number of allylic oxidation sites excluding steroid dienone is 1. The largest absolute Gasteiger partial charge is 0.0683 e. The predicted octanol–water partition coefficient (Wildman–Crippen LogP) is 4.42. The highest BCUT2D eigenvalue weighted by Crippen LogP contribution is 2.35. The van der Waals surface area contributed by atoms with E-state index in [0.29, 0.717) is 0 Å². The van der Waals surface area contributed by atoms with Crippen LogP contribution in [0.2, 0.25) is 0 Å². The normalized spacial score (nSPS) is 14.1. The van der Waals surface area contributed by atoms with Gasteiger partial charge in [0, 0.05) is 0 Å². The first kappa shape index (κ1) is 9.65. The second-order valence-corrected chi connectivity index (χ2v) is 4.92. The summed E-state index contributed by atoms with van der Waals surface area (Å²) in [5, 5.41) is 2.86. The summed E-state index contributed by atoms with van der Waals surface area (Å²) in [5.41, 5.74) is 7.25. The lowest BCUT2D eigenvalue weighted by Crippen LogP contribution is -1.91. The summed E-state index contributed by atoms with van der Waals surface area (Å²) in [5.74, 6) is 0. The lowest BCUT2D eigenvalue weighted by molar-refractivity contribution is 1.21. The molecule has 0 nitrogen and oxygen atoms in total. The Morgan fingerprint density at radius 3 is 2.56 bits per heavy atom. The van der Waals surface area contributed by atoms with E-state index in [2.05, 4.69) is 51.1 Å². The highest BCUT2D eigenvalue weighted by Gasteiger charge is 2.15. The molecule has 80 valence electrons. The summed E-state index contributed by atoms with van der Waals surface area (Å²) in [4.78, 5) is 0. The van der Waals surface area contributed by atoms with E-state index in [1.807, 2.05) is 0 Å². The molecule has 0 atom stereocenters. The monoisotopic (exact) mass is 208 g/mol. The Hall–Kier alpha value is -1.56. The minimum atomic E-state index is 1.12. The quantitative estimate of drug-likeness (QED) is 0.601. The van der Waals surface area contributed by atoms with Crippen LogP contribution >= 0.6 is 0 Å². The van der Waals surface area contributed by atoms with Crippen molar-refractivity contribution < 1.29 is 0 Å². The summed E-state index contributed by atoms with van der Waals surface area (Å²) in [6.07, 6.45) is 3.46. The fourth-order valence-corrected chi connectivity index (χ4v) is 2.78. The van der Waals surface area contributed by atoms with Gasteiger partial charge in [-0.3, -0.25) is 0 Å². The van der Waals surface area contributed by atoms with Crippen LogP contribution in [0.25, 0.3) is 16.8 Å². The van der Waals surface area contributed by atoms with E-state index in [-0.39, 0.29) is 0 Å². The van der Waals surface area contributed by atoms with Crippen LogP contribution in [-0.2, 0) is 6.42 Å². The van der Waals surface area contributed by atoms with Crippen LogP contribution in [-0.4, -0.2) is 0 Å². The molecule has 2 aromatic rings. The molecule has 0 heterocycles. The molecule has 0 saturated heterocycles. The van der Waals surface area contributed by atoms with E-state index in [1.165, 1.54) is 38.6 Å². The molecule has 1 aliphatic carbocycles. The summed E-state index contributed by atoms with van der Waals surface area (Å²) in [6.45, 7) is 6.64. The summed E-state index contributed by atoms with van der Waals surface area (Å²) in [6, 6.07) is 8.95. The number of fused-ring (bicyclic) bond motifs is 3. The van der Waals surface area contributed by atoms with E-state index < -0.39 is 0 Å². The SMILES string of the molecule is CC1=Cc2c(C)cc3c(C)cccc3c2C1. The minimum absolute atomic E-state index is 1.12. The van der Waals surface area contributed by atoms with E-state index in [9.17, 15) is 0 Å². The molecule has 0 heteroatoms. The highest BCUT2D eigenvalue weighted by atomic mass is 14.2. The van der Waals surface area contributed by atoms with Gasteiger partial charge in [0.15, 0.2) is 0 Å². The molecule has 0 radical (unpaired) electrons. The van der Waals surface area contributed by atoms with Crippen molar-refractivity contribution in [2.24, 2.45) is 0 Å². The van der Waals surface area contributed by atoms with Gasteiger partial charge in [-0.2, -0.15) is 0 Å². The molecule has 1 aliphatic rings. The fraction of sp³-hybridized carbons (Fsp3) is 0.250. The molecule has 0 N–H and O–H groups in total. The van der Waals surface area contributed by atoms with Crippen molar-refractivity contribution in [3.63, 3.8) is 0 Å². The van der Waals surface area contributed by atoms with Crippen molar-refractivity contribution in [1.82, 2.24) is 0 Å². The van der Waals surface area contributed by atoms with Crippen molar-refractivity contribution in [3.8, 4) is 0 Å². The fourth-order valence-electron chi connectivity index (χ4n) is 2.78. The van der Waals surface area contributed by atoms with E-state index >= 15 is 0 Å². The van der Waals surface area contributed by atoms with Gasteiger partial charge in [0.1, 0.15) is 0 Å². The Morgan fingerprint density at radius 1 is 0.938 bits per heavy atom. The molecule has 0 saturated carbocycles. The highest BCUT2D eigenvalue weighted by molar-refractivity contribution is 5.94. The van der Waals surface area contributed by atoms with Crippen molar-refractivity contribution >= 4 is 16.8 Å². The Balaban J connectivity index is 2.45. The van der Waals surface area contributed by atoms with Crippen LogP contribution in [0.5, 0.6) is 0 Å². The van der Waals surface area contributed by atoms with Gasteiger partial charge < -0.3 is 0 Å². The molecule has 0 unspecified atom stereocenters. The Labute approximate surface area is 96.6 Å². The molecule has 16 heavy (non-hydrogen) atoms. The molecular weight excluding hydrogens is 192 g/mol. The summed E-state index contributed by atoms with van der Waals surface area (Å²) >= 11 is 0. The average Bonchev–Trinajstić information content (AvgIpc) is 2.63. The van der Waals surface area contributed by atoms with Gasteiger partial charge in [0.25, 0.3) is 0 Å². The van der Waals surface area contributed by atoms with Crippen molar-refractivity contribution in [1.29, 1.82) is 0 Å². The third-order valence-corrected chi connectivity index (χ3v) is 3.61. The first-order chi connectivity index (χ1) is 7.66. The third-order valence-electron chi connectivity index (χ3n) is 3.61. The maximum Gasteiger partial charge on any atom is -0.00543 e. The van der Waals surface area contributed by atoms with Gasteiger partial charge in [-0.05, 0) is 60.2 Å². The summed E-state index contributed by atoms with van der Waals surface area (Å²) < 4.78 is 0. The second-order valence-electron chi connectivity index (χ2n) is 4.92. The van der Waals surface area contributed by atoms with Gasteiger partial charge in [-0.1, -0.05) is 35.9 Å². The van der Waals surface area contributed by atoms with Crippen LogP contribution in [0.1, 0.15) is 29.2 Å². The van der Waals surface area contributed by atoms with Crippen molar-refractivity contribution in [2.75, 3.05) is 0 Å². The van der Waals surface area contributed by atoms with Gasteiger partial charge in [0.2, 0.25) is 0 Å². The molecular formula is C16H16. The first-order valence-corrected chi connectivity index (χ1v) is 5.86. The number of aryl methyl sites for hydroxylation is 2. The maximum atomic E-state index is 2.34. The predicted molar refractivity (Wildman–Crippen MR) is 70.8 cm³/mol. The second kappa shape index (κ2) is 3.21. The Bertz CT molecular complexity index is 615. The van der Waals surface area contributed by atoms with Gasteiger partial charge in [-0.15, -0.1) is 0 Å². The lowest BCUT2D eigenvalue weighted by atomic mass is 9.94. The maximum absolute atomic E-state index is 2.34. The first-order valence-electron chi connectivity index (χ1n) is 5.86. The standard InChI is InChI=1S/C16H16/c1-10-7-14-12(3)9-15-11(2)5-4-6-13(15)16(14)8-10/h4-7,9H,8H2,1-3H3. The molecule has 0 spiro atoms. The number of hydrogen-bond acceptors (Lipinski definition) is 0. The molecule has 0 bridgehead atoms.